The van der Waals surface area contributed by atoms with Crippen LogP contribution in [0.1, 0.15) is 24.8 Å². The van der Waals surface area contributed by atoms with E-state index in [0.29, 0.717) is 18.0 Å². The molecule has 1 atom stereocenters. The molecular weight excluding hydrogens is 330 g/mol. The second-order valence-corrected chi connectivity index (χ2v) is 7.56. The van der Waals surface area contributed by atoms with Gasteiger partial charge in [-0.3, -0.25) is 0 Å². The Morgan fingerprint density at radius 2 is 2.09 bits per heavy atom. The molecule has 0 saturated heterocycles. The van der Waals surface area contributed by atoms with Gasteiger partial charge in [0, 0.05) is 18.0 Å². The highest BCUT2D eigenvalue weighted by Crippen LogP contribution is 2.30. The van der Waals surface area contributed by atoms with Crippen LogP contribution in [0.3, 0.4) is 0 Å². The molecule has 1 N–H and O–H groups in total. The Labute approximate surface area is 131 Å². The molecule has 120 valence electrons. The van der Waals surface area contributed by atoms with Gasteiger partial charge in [0.15, 0.2) is 6.04 Å². The number of nitrogens with zero attached hydrogens (tertiary/aromatic N) is 5. The lowest BCUT2D eigenvalue weighted by Crippen LogP contribution is -2.30. The molecule has 0 saturated carbocycles. The molecular formula is C11H15N5O4S2. The first-order chi connectivity index (χ1) is 10.4. The van der Waals surface area contributed by atoms with Crippen molar-refractivity contribution in [1.82, 2.24) is 24.5 Å². The van der Waals surface area contributed by atoms with Gasteiger partial charge < -0.3 is 5.11 Å². The Bertz CT molecular complexity index is 736. The highest BCUT2D eigenvalue weighted by Gasteiger charge is 2.29. The fourth-order valence-corrected chi connectivity index (χ4v) is 4.99. The van der Waals surface area contributed by atoms with Crippen LogP contribution in [0, 0.1) is 0 Å². The predicted octanol–water partition coefficient (Wildman–Crippen LogP) is 0.439. The van der Waals surface area contributed by atoms with Crippen molar-refractivity contribution >= 4 is 27.3 Å². The average Bonchev–Trinajstić information content (AvgIpc) is 3.11. The second-order valence-electron chi connectivity index (χ2n) is 4.28. The molecule has 0 aliphatic heterocycles. The van der Waals surface area contributed by atoms with Crippen molar-refractivity contribution in [2.45, 2.75) is 24.1 Å². The van der Waals surface area contributed by atoms with Crippen LogP contribution in [-0.4, -0.2) is 57.1 Å². The van der Waals surface area contributed by atoms with Crippen LogP contribution in [0.15, 0.2) is 22.7 Å². The Balaban J connectivity index is 2.41. The standard InChI is InChI=1S/C11H15N5O4S2/c1-3-15(4-2)22(19,20)9-6-5-8(21-9)10(11(17)18)16-7-12-13-14-16/h5-7,10H,3-4H2,1-2H3,(H,17,18). The summed E-state index contributed by atoms with van der Waals surface area (Å²) in [6.45, 7) is 4.19. The van der Waals surface area contributed by atoms with E-state index in [9.17, 15) is 18.3 Å². The number of rotatable bonds is 7. The van der Waals surface area contributed by atoms with Crippen molar-refractivity contribution in [3.8, 4) is 0 Å². The minimum atomic E-state index is -3.61. The van der Waals surface area contributed by atoms with Gasteiger partial charge >= 0.3 is 5.97 Å². The highest BCUT2D eigenvalue weighted by atomic mass is 32.2. The zero-order chi connectivity index (χ0) is 16.3. The van der Waals surface area contributed by atoms with Crippen molar-refractivity contribution in [3.63, 3.8) is 0 Å². The maximum Gasteiger partial charge on any atom is 0.334 e. The maximum absolute atomic E-state index is 12.4. The normalized spacial score (nSPS) is 13.4. The molecule has 0 fully saturated rings. The summed E-state index contributed by atoms with van der Waals surface area (Å²) in [4.78, 5) is 11.8. The van der Waals surface area contributed by atoms with E-state index >= 15 is 0 Å². The number of hydrogen-bond acceptors (Lipinski definition) is 7. The first-order valence-electron chi connectivity index (χ1n) is 6.47. The monoisotopic (exact) mass is 345 g/mol. The van der Waals surface area contributed by atoms with E-state index in [4.69, 9.17) is 0 Å². The number of carboxylic acids is 1. The molecule has 0 amide bonds. The smallest absolute Gasteiger partial charge is 0.334 e. The molecule has 0 aliphatic carbocycles. The highest BCUT2D eigenvalue weighted by molar-refractivity contribution is 7.91. The number of aliphatic carboxylic acids is 1. The van der Waals surface area contributed by atoms with E-state index in [1.807, 2.05) is 0 Å². The van der Waals surface area contributed by atoms with E-state index in [0.717, 1.165) is 16.0 Å². The first kappa shape index (κ1) is 16.5. The van der Waals surface area contributed by atoms with Gasteiger partial charge in [-0.2, -0.15) is 4.31 Å². The predicted molar refractivity (Wildman–Crippen MR) is 78.0 cm³/mol. The van der Waals surface area contributed by atoms with Crippen molar-refractivity contribution in [3.05, 3.63) is 23.3 Å². The van der Waals surface area contributed by atoms with Gasteiger partial charge in [-0.1, -0.05) is 13.8 Å². The van der Waals surface area contributed by atoms with Crippen LogP contribution in [0.5, 0.6) is 0 Å². The number of thiophene rings is 1. The Morgan fingerprint density at radius 3 is 2.59 bits per heavy atom. The SMILES string of the molecule is CCN(CC)S(=O)(=O)c1ccc(C(C(=O)O)n2cnnn2)s1. The van der Waals surface area contributed by atoms with Gasteiger partial charge in [-0.15, -0.1) is 16.4 Å². The van der Waals surface area contributed by atoms with Gasteiger partial charge in [0.05, 0.1) is 0 Å². The zero-order valence-electron chi connectivity index (χ0n) is 11.9. The number of tetrazole rings is 1. The fourth-order valence-electron chi connectivity index (χ4n) is 1.96. The average molecular weight is 345 g/mol. The summed E-state index contributed by atoms with van der Waals surface area (Å²) in [5.41, 5.74) is 0. The zero-order valence-corrected chi connectivity index (χ0v) is 13.6. The lowest BCUT2D eigenvalue weighted by Gasteiger charge is -2.17. The maximum atomic E-state index is 12.4. The first-order valence-corrected chi connectivity index (χ1v) is 8.72. The van der Waals surface area contributed by atoms with Crippen LogP contribution >= 0.6 is 11.3 Å². The number of carboxylic acid groups (broad SMARTS) is 1. The molecule has 1 unspecified atom stereocenters. The summed E-state index contributed by atoms with van der Waals surface area (Å²) in [5.74, 6) is -1.17. The van der Waals surface area contributed by atoms with Gasteiger partial charge in [0.1, 0.15) is 10.5 Å². The molecule has 0 radical (unpaired) electrons. The topological polar surface area (TPSA) is 118 Å². The minimum absolute atomic E-state index is 0.102. The van der Waals surface area contributed by atoms with E-state index in [1.165, 1.54) is 22.8 Å². The van der Waals surface area contributed by atoms with Crippen molar-refractivity contribution in [1.29, 1.82) is 0 Å². The van der Waals surface area contributed by atoms with E-state index in [-0.39, 0.29) is 4.21 Å². The van der Waals surface area contributed by atoms with Crippen molar-refractivity contribution in [2.24, 2.45) is 0 Å². The Morgan fingerprint density at radius 1 is 1.41 bits per heavy atom. The summed E-state index contributed by atoms with van der Waals surface area (Å²) in [6.07, 6.45) is 1.18. The fraction of sp³-hybridized carbons (Fsp3) is 0.455. The summed E-state index contributed by atoms with van der Waals surface area (Å²) in [6, 6.07) is 1.73. The molecule has 2 aromatic rings. The van der Waals surface area contributed by atoms with E-state index < -0.39 is 22.0 Å². The molecule has 0 bridgehead atoms. The summed E-state index contributed by atoms with van der Waals surface area (Å²) in [7, 11) is -3.61. The molecule has 2 aromatic heterocycles. The van der Waals surface area contributed by atoms with E-state index in [1.54, 1.807) is 13.8 Å². The van der Waals surface area contributed by atoms with E-state index in [2.05, 4.69) is 15.5 Å². The number of carbonyl (C=O) groups is 1. The molecule has 2 rings (SSSR count). The lowest BCUT2D eigenvalue weighted by molar-refractivity contribution is -0.139. The third-order valence-electron chi connectivity index (χ3n) is 3.03. The van der Waals surface area contributed by atoms with Gasteiger partial charge in [-0.25, -0.2) is 17.9 Å². The quantitative estimate of drug-likeness (QED) is 0.773. The number of hydrogen-bond donors (Lipinski definition) is 1. The number of sulfonamides is 1. The van der Waals surface area contributed by atoms with Crippen molar-refractivity contribution < 1.29 is 18.3 Å². The van der Waals surface area contributed by atoms with Crippen LogP contribution in [-0.2, 0) is 14.8 Å². The van der Waals surface area contributed by atoms with Crippen LogP contribution < -0.4 is 0 Å². The third kappa shape index (κ3) is 3.00. The molecule has 0 aromatic carbocycles. The molecule has 0 aliphatic rings. The molecule has 22 heavy (non-hydrogen) atoms. The Hall–Kier alpha value is -1.85. The van der Waals surface area contributed by atoms with Crippen LogP contribution in [0.2, 0.25) is 0 Å². The summed E-state index contributed by atoms with van der Waals surface area (Å²) in [5, 5.41) is 19.7. The molecule has 0 spiro atoms. The minimum Gasteiger partial charge on any atom is -0.479 e. The Kier molecular flexibility index (Phi) is 4.88. The van der Waals surface area contributed by atoms with Gasteiger partial charge in [-0.05, 0) is 22.6 Å². The van der Waals surface area contributed by atoms with Crippen LogP contribution in [0.25, 0.3) is 0 Å². The second kappa shape index (κ2) is 6.50. The summed E-state index contributed by atoms with van der Waals surface area (Å²) < 4.78 is 27.3. The molecule has 11 heteroatoms. The van der Waals surface area contributed by atoms with Gasteiger partial charge in [0.2, 0.25) is 0 Å². The van der Waals surface area contributed by atoms with Crippen LogP contribution in [0.4, 0.5) is 0 Å². The molecule has 2 heterocycles. The summed E-state index contributed by atoms with van der Waals surface area (Å²) >= 11 is 0.907. The van der Waals surface area contributed by atoms with Crippen molar-refractivity contribution in [2.75, 3.05) is 13.1 Å². The largest absolute Gasteiger partial charge is 0.479 e. The molecule has 9 nitrogen and oxygen atoms in total. The third-order valence-corrected chi connectivity index (χ3v) is 6.69. The lowest BCUT2D eigenvalue weighted by atomic mass is 10.2. The van der Waals surface area contributed by atoms with Gasteiger partial charge in [0.25, 0.3) is 10.0 Å². The number of aromatic nitrogens is 4.